The van der Waals surface area contributed by atoms with E-state index in [0.717, 1.165) is 15.5 Å². The van der Waals surface area contributed by atoms with Crippen LogP contribution in [0.2, 0.25) is 0 Å². The van der Waals surface area contributed by atoms with Gasteiger partial charge in [-0.25, -0.2) is 0 Å². The number of tetrazole rings is 1. The molecular weight excluding hydrogens is 308 g/mol. The van der Waals surface area contributed by atoms with Gasteiger partial charge in [-0.3, -0.25) is 0 Å². The Morgan fingerprint density at radius 2 is 1.91 bits per heavy atom. The van der Waals surface area contributed by atoms with E-state index in [2.05, 4.69) is 44.1 Å². The van der Waals surface area contributed by atoms with Crippen LogP contribution in [0.1, 0.15) is 5.82 Å². The largest absolute Gasteiger partial charge is 0.359 e. The summed E-state index contributed by atoms with van der Waals surface area (Å²) in [6, 6.07) is 20.0. The molecule has 7 heteroatoms. The van der Waals surface area contributed by atoms with Gasteiger partial charge >= 0.3 is 0 Å². The van der Waals surface area contributed by atoms with Crippen LogP contribution >= 0.6 is 11.8 Å². The van der Waals surface area contributed by atoms with E-state index in [9.17, 15) is 5.26 Å². The molecule has 0 aliphatic carbocycles. The molecule has 0 amide bonds. The van der Waals surface area contributed by atoms with Gasteiger partial charge in [-0.15, -0.1) is 10.2 Å². The van der Waals surface area contributed by atoms with Gasteiger partial charge in [0.05, 0.1) is 5.69 Å². The number of nitriles is 1. The summed E-state index contributed by atoms with van der Waals surface area (Å²) in [6.07, 6.45) is 1.58. The SMILES string of the molecule is N#CC(=CNc1ccccc1Sc1ccccc1)c1nn[nH]n1. The second kappa shape index (κ2) is 7.24. The highest BCUT2D eigenvalue weighted by molar-refractivity contribution is 7.99. The lowest BCUT2D eigenvalue weighted by Crippen LogP contribution is -1.94. The van der Waals surface area contributed by atoms with Crippen molar-refractivity contribution in [3.05, 3.63) is 66.6 Å². The van der Waals surface area contributed by atoms with Gasteiger partial charge in [-0.05, 0) is 29.5 Å². The zero-order valence-electron chi connectivity index (χ0n) is 12.0. The maximum Gasteiger partial charge on any atom is 0.216 e. The summed E-state index contributed by atoms with van der Waals surface area (Å²) >= 11 is 1.65. The number of rotatable bonds is 5. The molecule has 112 valence electrons. The zero-order valence-corrected chi connectivity index (χ0v) is 12.8. The summed E-state index contributed by atoms with van der Waals surface area (Å²) in [5.41, 5.74) is 1.20. The van der Waals surface area contributed by atoms with Crippen LogP contribution in [0.3, 0.4) is 0 Å². The van der Waals surface area contributed by atoms with Crippen molar-refractivity contribution in [2.45, 2.75) is 9.79 Å². The van der Waals surface area contributed by atoms with E-state index in [4.69, 9.17) is 0 Å². The normalized spacial score (nSPS) is 11.0. The number of hydrogen-bond acceptors (Lipinski definition) is 6. The second-order valence-corrected chi connectivity index (χ2v) is 5.58. The average Bonchev–Trinajstić information content (AvgIpc) is 3.12. The van der Waals surface area contributed by atoms with E-state index in [1.54, 1.807) is 18.0 Å². The van der Waals surface area contributed by atoms with Crippen molar-refractivity contribution in [1.82, 2.24) is 20.6 Å². The molecule has 1 aromatic heterocycles. The Morgan fingerprint density at radius 1 is 1.13 bits per heavy atom. The predicted octanol–water partition coefficient (Wildman–Crippen LogP) is 3.33. The number of anilines is 1. The van der Waals surface area contributed by atoms with Gasteiger partial charge in [0.15, 0.2) is 0 Å². The van der Waals surface area contributed by atoms with Crippen molar-refractivity contribution < 1.29 is 0 Å². The van der Waals surface area contributed by atoms with Gasteiger partial charge < -0.3 is 5.32 Å². The molecule has 0 atom stereocenters. The molecule has 0 saturated heterocycles. The molecule has 2 N–H and O–H groups in total. The fraction of sp³-hybridized carbons (Fsp3) is 0. The van der Waals surface area contributed by atoms with Crippen LogP contribution in [0.5, 0.6) is 0 Å². The summed E-state index contributed by atoms with van der Waals surface area (Å²) in [5.74, 6) is 0.258. The van der Waals surface area contributed by atoms with Gasteiger partial charge in [0.25, 0.3) is 0 Å². The number of para-hydroxylation sites is 1. The third-order valence-corrected chi connectivity index (χ3v) is 4.02. The molecule has 0 fully saturated rings. The summed E-state index contributed by atoms with van der Waals surface area (Å²) in [6.45, 7) is 0. The molecule has 1 heterocycles. The van der Waals surface area contributed by atoms with E-state index >= 15 is 0 Å². The van der Waals surface area contributed by atoms with E-state index in [1.807, 2.05) is 42.5 Å². The van der Waals surface area contributed by atoms with Gasteiger partial charge in [-0.1, -0.05) is 42.1 Å². The number of allylic oxidation sites excluding steroid dienone is 1. The molecule has 0 aliphatic heterocycles. The average molecular weight is 320 g/mol. The lowest BCUT2D eigenvalue weighted by atomic mass is 10.3. The minimum Gasteiger partial charge on any atom is -0.359 e. The molecule has 0 radical (unpaired) electrons. The summed E-state index contributed by atoms with van der Waals surface area (Å²) in [7, 11) is 0. The highest BCUT2D eigenvalue weighted by Gasteiger charge is 2.07. The Kier molecular flexibility index (Phi) is 4.66. The first-order chi connectivity index (χ1) is 11.4. The minimum atomic E-state index is 0.258. The van der Waals surface area contributed by atoms with Crippen molar-refractivity contribution in [1.29, 1.82) is 5.26 Å². The standard InChI is InChI=1S/C16H12N6S/c17-10-12(16-19-21-22-20-16)11-18-14-8-4-5-9-15(14)23-13-6-2-1-3-7-13/h1-9,11,18H,(H,19,20,21,22). The zero-order chi connectivity index (χ0) is 15.9. The lowest BCUT2D eigenvalue weighted by Gasteiger charge is -2.09. The highest BCUT2D eigenvalue weighted by Crippen LogP contribution is 2.33. The van der Waals surface area contributed by atoms with Crippen LogP contribution in [0.15, 0.2) is 70.6 Å². The van der Waals surface area contributed by atoms with Gasteiger partial charge in [-0.2, -0.15) is 10.5 Å². The second-order valence-electron chi connectivity index (χ2n) is 4.46. The molecule has 0 bridgehead atoms. The van der Waals surface area contributed by atoms with Gasteiger partial charge in [0, 0.05) is 16.0 Å². The monoisotopic (exact) mass is 320 g/mol. The molecule has 0 aliphatic rings. The summed E-state index contributed by atoms with van der Waals surface area (Å²) in [4.78, 5) is 2.20. The van der Waals surface area contributed by atoms with Crippen LogP contribution < -0.4 is 5.32 Å². The smallest absolute Gasteiger partial charge is 0.216 e. The van der Waals surface area contributed by atoms with Gasteiger partial charge in [0.1, 0.15) is 11.6 Å². The third kappa shape index (κ3) is 3.75. The number of H-pyrrole nitrogens is 1. The van der Waals surface area contributed by atoms with E-state index in [1.165, 1.54) is 0 Å². The van der Waals surface area contributed by atoms with Crippen LogP contribution in [-0.4, -0.2) is 20.6 Å². The molecule has 2 aromatic carbocycles. The maximum atomic E-state index is 9.20. The number of aromatic nitrogens is 4. The molecule has 3 aromatic rings. The minimum absolute atomic E-state index is 0.258. The van der Waals surface area contributed by atoms with Crippen molar-refractivity contribution in [3.63, 3.8) is 0 Å². The Morgan fingerprint density at radius 3 is 2.65 bits per heavy atom. The van der Waals surface area contributed by atoms with Crippen molar-refractivity contribution >= 4 is 23.0 Å². The third-order valence-electron chi connectivity index (χ3n) is 2.94. The van der Waals surface area contributed by atoms with E-state index < -0.39 is 0 Å². The Labute approximate surface area is 137 Å². The van der Waals surface area contributed by atoms with Crippen LogP contribution in [0.25, 0.3) is 5.57 Å². The Bertz CT molecular complexity index is 837. The Hall–Kier alpha value is -3.11. The maximum absolute atomic E-state index is 9.20. The molecule has 0 spiro atoms. The van der Waals surface area contributed by atoms with E-state index in [-0.39, 0.29) is 5.82 Å². The Balaban J connectivity index is 1.82. The molecular formula is C16H12N6S. The first-order valence-corrected chi connectivity index (χ1v) is 7.61. The first kappa shape index (κ1) is 14.8. The quantitative estimate of drug-likeness (QED) is 0.701. The van der Waals surface area contributed by atoms with Crippen LogP contribution in [0.4, 0.5) is 5.69 Å². The number of nitrogens with zero attached hydrogens (tertiary/aromatic N) is 4. The van der Waals surface area contributed by atoms with Crippen LogP contribution in [-0.2, 0) is 0 Å². The number of nitrogens with one attached hydrogen (secondary N) is 2. The van der Waals surface area contributed by atoms with Crippen molar-refractivity contribution in [3.8, 4) is 6.07 Å². The molecule has 0 unspecified atom stereocenters. The van der Waals surface area contributed by atoms with E-state index in [0.29, 0.717) is 5.57 Å². The molecule has 6 nitrogen and oxygen atoms in total. The predicted molar refractivity (Wildman–Crippen MR) is 88.4 cm³/mol. The van der Waals surface area contributed by atoms with Crippen molar-refractivity contribution in [2.75, 3.05) is 5.32 Å². The van der Waals surface area contributed by atoms with Gasteiger partial charge in [0.2, 0.25) is 5.82 Å². The number of aromatic amines is 1. The number of hydrogen-bond donors (Lipinski definition) is 2. The first-order valence-electron chi connectivity index (χ1n) is 6.79. The van der Waals surface area contributed by atoms with Crippen LogP contribution in [0, 0.1) is 11.3 Å². The highest BCUT2D eigenvalue weighted by atomic mass is 32.2. The number of benzene rings is 2. The summed E-state index contributed by atoms with van der Waals surface area (Å²) in [5, 5.41) is 25.7. The topological polar surface area (TPSA) is 90.3 Å². The fourth-order valence-corrected chi connectivity index (χ4v) is 2.79. The summed E-state index contributed by atoms with van der Waals surface area (Å²) < 4.78 is 0. The fourth-order valence-electron chi connectivity index (χ4n) is 1.86. The molecule has 0 saturated carbocycles. The molecule has 3 rings (SSSR count). The van der Waals surface area contributed by atoms with Crippen molar-refractivity contribution in [2.24, 2.45) is 0 Å². The molecule has 23 heavy (non-hydrogen) atoms. The lowest BCUT2D eigenvalue weighted by molar-refractivity contribution is 0.881.